The van der Waals surface area contributed by atoms with Crippen LogP contribution in [0.25, 0.3) is 0 Å². The zero-order valence-corrected chi connectivity index (χ0v) is 13.4. The van der Waals surface area contributed by atoms with Gasteiger partial charge in [0.05, 0.1) is 0 Å². The maximum atomic E-state index is 12.3. The molecule has 21 heavy (non-hydrogen) atoms. The van der Waals surface area contributed by atoms with Gasteiger partial charge in [-0.2, -0.15) is 0 Å². The monoisotopic (exact) mass is 314 g/mol. The van der Waals surface area contributed by atoms with E-state index < -0.39 is 6.03 Å². The van der Waals surface area contributed by atoms with Gasteiger partial charge in [0.25, 0.3) is 5.91 Å². The minimum absolute atomic E-state index is 0. The highest BCUT2D eigenvalue weighted by Crippen LogP contribution is 2.17. The van der Waals surface area contributed by atoms with E-state index in [1.54, 1.807) is 36.2 Å². The molecule has 0 aliphatic rings. The van der Waals surface area contributed by atoms with E-state index in [9.17, 15) is 9.59 Å². The number of rotatable bonds is 5. The molecule has 0 aromatic heterocycles. The maximum Gasteiger partial charge on any atom is 0.316 e. The van der Waals surface area contributed by atoms with Crippen LogP contribution in [0.1, 0.15) is 24.2 Å². The Morgan fingerprint density at radius 3 is 2.48 bits per heavy atom. The number of nitrogens with two attached hydrogens (primary N) is 2. The second-order valence-corrected chi connectivity index (χ2v) is 5.60. The number of primary amides is 1. The quantitative estimate of drug-likeness (QED) is 0.770. The van der Waals surface area contributed by atoms with Crippen molar-refractivity contribution >= 4 is 30.0 Å². The van der Waals surface area contributed by atoms with Crippen molar-refractivity contribution < 1.29 is 9.59 Å². The van der Waals surface area contributed by atoms with Crippen molar-refractivity contribution in [2.45, 2.75) is 13.8 Å². The summed E-state index contributed by atoms with van der Waals surface area (Å²) in [7, 11) is 1.73. The first-order valence-electron chi connectivity index (χ1n) is 6.37. The lowest BCUT2D eigenvalue weighted by Gasteiger charge is -2.29. The molecule has 3 amide bonds. The van der Waals surface area contributed by atoms with E-state index in [1.165, 1.54) is 0 Å². The Balaban J connectivity index is 0.00000400. The number of carbonyl (C=O) groups excluding carboxylic acids is 2. The van der Waals surface area contributed by atoms with E-state index in [0.29, 0.717) is 24.3 Å². The van der Waals surface area contributed by atoms with Crippen molar-refractivity contribution in [3.63, 3.8) is 0 Å². The molecule has 5 N–H and O–H groups in total. The van der Waals surface area contributed by atoms with Crippen LogP contribution >= 0.6 is 12.4 Å². The van der Waals surface area contributed by atoms with Gasteiger partial charge in [-0.15, -0.1) is 12.4 Å². The van der Waals surface area contributed by atoms with E-state index in [2.05, 4.69) is 5.32 Å². The summed E-state index contributed by atoms with van der Waals surface area (Å²) in [4.78, 5) is 24.8. The first-order chi connectivity index (χ1) is 9.25. The molecule has 0 aliphatic carbocycles. The average molecular weight is 315 g/mol. The molecular formula is C14H23ClN4O2. The van der Waals surface area contributed by atoms with Crippen molar-refractivity contribution in [1.82, 2.24) is 4.90 Å². The van der Waals surface area contributed by atoms with Crippen molar-refractivity contribution in [3.8, 4) is 0 Å². The smallest absolute Gasteiger partial charge is 0.316 e. The molecule has 0 saturated carbocycles. The summed E-state index contributed by atoms with van der Waals surface area (Å²) in [5.74, 6) is -0.125. The Kier molecular flexibility index (Phi) is 7.18. The molecule has 0 spiro atoms. The number of urea groups is 1. The molecule has 0 fully saturated rings. The minimum atomic E-state index is -0.660. The number of hydrogen-bond donors (Lipinski definition) is 3. The third kappa shape index (κ3) is 6.01. The first-order valence-corrected chi connectivity index (χ1v) is 6.37. The number of amides is 3. The van der Waals surface area contributed by atoms with Crippen LogP contribution in [0.5, 0.6) is 0 Å². The molecule has 1 aromatic carbocycles. The normalized spacial score (nSPS) is 10.5. The number of hydrogen-bond acceptors (Lipinski definition) is 3. The fraction of sp³-hybridized carbons (Fsp3) is 0.429. The highest BCUT2D eigenvalue weighted by atomic mass is 35.5. The lowest BCUT2D eigenvalue weighted by Crippen LogP contribution is -2.39. The topological polar surface area (TPSA) is 101 Å². The average Bonchev–Trinajstić information content (AvgIpc) is 2.37. The van der Waals surface area contributed by atoms with Gasteiger partial charge in [0.2, 0.25) is 0 Å². The van der Waals surface area contributed by atoms with Gasteiger partial charge in [-0.05, 0) is 30.2 Å². The summed E-state index contributed by atoms with van der Waals surface area (Å²) in [6.07, 6.45) is 0. The van der Waals surface area contributed by atoms with Gasteiger partial charge in [0.15, 0.2) is 0 Å². The number of halogens is 1. The third-order valence-electron chi connectivity index (χ3n) is 2.94. The Morgan fingerprint density at radius 1 is 1.33 bits per heavy atom. The van der Waals surface area contributed by atoms with Gasteiger partial charge in [-0.25, -0.2) is 4.79 Å². The SMILES string of the molecule is CN(CC(C)(C)CN)C(=O)c1cccc(NC(N)=O)c1.Cl. The zero-order chi connectivity index (χ0) is 15.3. The predicted molar refractivity (Wildman–Crippen MR) is 86.7 cm³/mol. The number of anilines is 1. The van der Waals surface area contributed by atoms with Crippen LogP contribution in [0.15, 0.2) is 24.3 Å². The fourth-order valence-corrected chi connectivity index (χ4v) is 1.87. The number of carbonyl (C=O) groups is 2. The Bertz CT molecular complexity index is 506. The van der Waals surface area contributed by atoms with E-state index >= 15 is 0 Å². The van der Waals surface area contributed by atoms with Crippen LogP contribution in [-0.4, -0.2) is 37.0 Å². The molecule has 118 valence electrons. The molecule has 6 nitrogen and oxygen atoms in total. The lowest BCUT2D eigenvalue weighted by molar-refractivity contribution is 0.0740. The van der Waals surface area contributed by atoms with Crippen molar-refractivity contribution in [2.24, 2.45) is 16.9 Å². The molecule has 0 aliphatic heterocycles. The van der Waals surface area contributed by atoms with Crippen molar-refractivity contribution in [2.75, 3.05) is 25.5 Å². The Morgan fingerprint density at radius 2 is 1.95 bits per heavy atom. The molecule has 0 unspecified atom stereocenters. The van der Waals surface area contributed by atoms with E-state index in [-0.39, 0.29) is 23.7 Å². The number of benzene rings is 1. The van der Waals surface area contributed by atoms with Crippen LogP contribution in [0.2, 0.25) is 0 Å². The van der Waals surface area contributed by atoms with Crippen LogP contribution in [0.4, 0.5) is 10.5 Å². The van der Waals surface area contributed by atoms with Crippen LogP contribution in [-0.2, 0) is 0 Å². The third-order valence-corrected chi connectivity index (χ3v) is 2.94. The van der Waals surface area contributed by atoms with Gasteiger partial charge in [0, 0.05) is 24.8 Å². The summed E-state index contributed by atoms with van der Waals surface area (Å²) in [5.41, 5.74) is 11.6. The van der Waals surface area contributed by atoms with E-state index in [0.717, 1.165) is 0 Å². The van der Waals surface area contributed by atoms with Gasteiger partial charge in [-0.1, -0.05) is 19.9 Å². The zero-order valence-electron chi connectivity index (χ0n) is 12.6. The fourth-order valence-electron chi connectivity index (χ4n) is 1.87. The standard InChI is InChI=1S/C14H22N4O2.ClH/c1-14(2,8-15)9-18(3)12(19)10-5-4-6-11(7-10)17-13(16)20;/h4-7H,8-9,15H2,1-3H3,(H3,16,17,20);1H. The Hall–Kier alpha value is -1.79. The van der Waals surface area contributed by atoms with E-state index in [4.69, 9.17) is 11.5 Å². The van der Waals surface area contributed by atoms with Crippen molar-refractivity contribution in [3.05, 3.63) is 29.8 Å². The molecular weight excluding hydrogens is 292 g/mol. The summed E-state index contributed by atoms with van der Waals surface area (Å²) >= 11 is 0. The molecule has 1 rings (SSSR count). The highest BCUT2D eigenvalue weighted by Gasteiger charge is 2.22. The molecule has 0 bridgehead atoms. The van der Waals surface area contributed by atoms with Gasteiger partial charge < -0.3 is 21.7 Å². The summed E-state index contributed by atoms with van der Waals surface area (Å²) in [5, 5.41) is 2.45. The van der Waals surface area contributed by atoms with Crippen LogP contribution in [0.3, 0.4) is 0 Å². The number of nitrogens with zero attached hydrogens (tertiary/aromatic N) is 1. The van der Waals surface area contributed by atoms with Crippen molar-refractivity contribution in [1.29, 1.82) is 0 Å². The molecule has 1 aromatic rings. The van der Waals surface area contributed by atoms with Gasteiger partial charge >= 0.3 is 6.03 Å². The first kappa shape index (κ1) is 19.2. The van der Waals surface area contributed by atoms with Gasteiger partial charge in [-0.3, -0.25) is 4.79 Å². The molecule has 0 heterocycles. The maximum absolute atomic E-state index is 12.3. The Labute approximate surface area is 131 Å². The van der Waals surface area contributed by atoms with E-state index in [1.807, 2.05) is 13.8 Å². The second kappa shape index (κ2) is 7.85. The van der Waals surface area contributed by atoms with Gasteiger partial charge in [0.1, 0.15) is 0 Å². The predicted octanol–water partition coefficient (Wildman–Crippen LogP) is 1.66. The number of nitrogens with one attached hydrogen (secondary N) is 1. The molecule has 0 radical (unpaired) electrons. The van der Waals surface area contributed by atoms with Crippen LogP contribution < -0.4 is 16.8 Å². The lowest BCUT2D eigenvalue weighted by atomic mass is 9.93. The summed E-state index contributed by atoms with van der Waals surface area (Å²) < 4.78 is 0. The highest BCUT2D eigenvalue weighted by molar-refractivity contribution is 5.96. The summed E-state index contributed by atoms with van der Waals surface area (Å²) in [6.45, 7) is 5.05. The minimum Gasteiger partial charge on any atom is -0.351 e. The molecule has 0 atom stereocenters. The van der Waals surface area contributed by atoms with Crippen LogP contribution in [0, 0.1) is 5.41 Å². The largest absolute Gasteiger partial charge is 0.351 e. The summed E-state index contributed by atoms with van der Waals surface area (Å²) in [6, 6.07) is 6.00. The second-order valence-electron chi connectivity index (χ2n) is 5.60. The molecule has 0 saturated heterocycles. The molecule has 7 heteroatoms.